The number of pyridine rings is 1. The largest absolute Gasteiger partial charge is 0.466 e. The third kappa shape index (κ3) is 5.49. The normalized spacial score (nSPS) is 20.9. The third-order valence-electron chi connectivity index (χ3n) is 9.26. The molecule has 0 saturated heterocycles. The Balaban J connectivity index is 1.40. The van der Waals surface area contributed by atoms with Crippen molar-refractivity contribution in [1.82, 2.24) is 23.6 Å². The van der Waals surface area contributed by atoms with Gasteiger partial charge in [-0.2, -0.15) is 0 Å². The molecule has 2 bridgehead atoms. The maximum atomic E-state index is 14.7. The Bertz CT molecular complexity index is 2140. The van der Waals surface area contributed by atoms with E-state index in [1.54, 1.807) is 31.3 Å². The fourth-order valence-electron chi connectivity index (χ4n) is 7.12. The minimum Gasteiger partial charge on any atom is -0.466 e. The van der Waals surface area contributed by atoms with Crippen molar-refractivity contribution < 1.29 is 27.1 Å². The minimum atomic E-state index is -4.14. The Morgan fingerprint density at radius 1 is 1.06 bits per heavy atom. The van der Waals surface area contributed by atoms with Crippen LogP contribution in [0.1, 0.15) is 45.1 Å². The van der Waals surface area contributed by atoms with E-state index >= 15 is 0 Å². The smallest absolute Gasteiger partial charge is 0.311 e. The van der Waals surface area contributed by atoms with Crippen molar-refractivity contribution in [1.29, 1.82) is 0 Å². The number of nitrogens with zero attached hydrogens (tertiary/aromatic N) is 5. The second-order valence-electron chi connectivity index (χ2n) is 12.3. The van der Waals surface area contributed by atoms with Gasteiger partial charge in [-0.1, -0.05) is 17.7 Å². The van der Waals surface area contributed by atoms with Crippen LogP contribution in [0.2, 0.25) is 0 Å². The summed E-state index contributed by atoms with van der Waals surface area (Å²) in [5, 5.41) is 11.2. The first-order valence-electron chi connectivity index (χ1n) is 15.6. The zero-order valence-corrected chi connectivity index (χ0v) is 26.9. The van der Waals surface area contributed by atoms with Crippen LogP contribution >= 0.6 is 0 Å². The molecule has 3 saturated carbocycles. The molecule has 0 radical (unpaired) electrons. The average molecular weight is 660 g/mol. The topological polar surface area (TPSA) is 150 Å². The maximum Gasteiger partial charge on any atom is 0.311 e. The van der Waals surface area contributed by atoms with Gasteiger partial charge in [0, 0.05) is 30.1 Å². The highest BCUT2D eigenvalue weighted by molar-refractivity contribution is 7.90. The summed E-state index contributed by atoms with van der Waals surface area (Å²) in [6, 6.07) is 9.06. The van der Waals surface area contributed by atoms with Gasteiger partial charge < -0.3 is 15.4 Å². The summed E-state index contributed by atoms with van der Waals surface area (Å²) in [6.07, 6.45) is 7.73. The summed E-state index contributed by atoms with van der Waals surface area (Å²) in [5.74, 6) is -0.698. The lowest BCUT2D eigenvalue weighted by Gasteiger charge is -2.47. The average Bonchev–Trinajstić information content (AvgIpc) is 3.63. The van der Waals surface area contributed by atoms with Crippen LogP contribution in [0.15, 0.2) is 59.9 Å². The minimum absolute atomic E-state index is 0.0126. The molecule has 47 heavy (non-hydrogen) atoms. The summed E-state index contributed by atoms with van der Waals surface area (Å²) >= 11 is 0. The number of amides is 1. The Labute approximate surface area is 270 Å². The zero-order valence-electron chi connectivity index (χ0n) is 26.1. The van der Waals surface area contributed by atoms with E-state index < -0.39 is 15.8 Å². The number of esters is 1. The lowest BCUT2D eigenvalue weighted by atomic mass is 9.61. The fraction of sp³-hybridized carbons (Fsp3) is 0.364. The van der Waals surface area contributed by atoms with Crippen LogP contribution < -0.4 is 10.6 Å². The number of aromatic nitrogens is 5. The number of rotatable bonds is 8. The molecule has 0 unspecified atom stereocenters. The highest BCUT2D eigenvalue weighted by atomic mass is 32.2. The van der Waals surface area contributed by atoms with Gasteiger partial charge in [0.2, 0.25) is 5.91 Å². The first-order chi connectivity index (χ1) is 22.5. The van der Waals surface area contributed by atoms with Crippen LogP contribution in [-0.2, 0) is 24.3 Å². The molecule has 1 amide bonds. The number of benzene rings is 1. The number of carbonyl (C=O) groups is 2. The van der Waals surface area contributed by atoms with Gasteiger partial charge in [-0.25, -0.2) is 31.3 Å². The molecule has 244 valence electrons. The van der Waals surface area contributed by atoms with E-state index in [0.717, 1.165) is 41.4 Å². The molecular formula is C33H34FN7O5S. The number of anilines is 2. The van der Waals surface area contributed by atoms with Crippen molar-refractivity contribution in [2.45, 2.75) is 57.4 Å². The predicted molar refractivity (Wildman–Crippen MR) is 173 cm³/mol. The van der Waals surface area contributed by atoms with Crippen LogP contribution in [0.25, 0.3) is 27.9 Å². The molecule has 0 spiro atoms. The standard InChI is InChI=1S/C33H34FN7O5S/c1-4-46-33(43)28-20-7-9-21(10-8-20)29(28)37-31-27-14-23(36-19(3)42)16-40(27)39-30(38-31)26-17-41(32-25(26)13-22(34)15-35-32)47(44,45)24-11-5-18(2)6-12-24/h5-6,11-17,20-21,28-29H,4,7-10H2,1-3H3,(H,36,42)(H,37,38,39)/t20?,21?,28-,29-/m1/s1. The van der Waals surface area contributed by atoms with Gasteiger partial charge in [-0.05, 0) is 75.6 Å². The number of halogens is 1. The van der Waals surface area contributed by atoms with Crippen LogP contribution in [0.5, 0.6) is 0 Å². The third-order valence-corrected chi connectivity index (χ3v) is 10.9. The Hall–Kier alpha value is -4.85. The van der Waals surface area contributed by atoms with E-state index in [0.29, 0.717) is 17.0 Å². The zero-order chi connectivity index (χ0) is 33.0. The van der Waals surface area contributed by atoms with E-state index in [-0.39, 0.29) is 69.6 Å². The van der Waals surface area contributed by atoms with Crippen LogP contribution in [0.4, 0.5) is 15.9 Å². The van der Waals surface area contributed by atoms with E-state index in [9.17, 15) is 22.4 Å². The Kier molecular flexibility index (Phi) is 7.69. The molecule has 4 heterocycles. The van der Waals surface area contributed by atoms with E-state index in [1.165, 1.54) is 35.8 Å². The van der Waals surface area contributed by atoms with Crippen molar-refractivity contribution >= 4 is 50.0 Å². The van der Waals surface area contributed by atoms with Gasteiger partial charge in [0.1, 0.15) is 11.3 Å². The summed E-state index contributed by atoms with van der Waals surface area (Å²) in [6.45, 7) is 5.32. The molecule has 5 aromatic rings. The number of hydrogen-bond donors (Lipinski definition) is 2. The van der Waals surface area contributed by atoms with E-state index in [1.807, 2.05) is 6.92 Å². The van der Waals surface area contributed by atoms with Crippen molar-refractivity contribution in [3.05, 3.63) is 66.4 Å². The second-order valence-corrected chi connectivity index (χ2v) is 14.1. The molecular weight excluding hydrogens is 625 g/mol. The number of aryl methyl sites for hydroxylation is 1. The summed E-state index contributed by atoms with van der Waals surface area (Å²) < 4.78 is 50.4. The number of carbonyl (C=O) groups excluding carboxylic acids is 2. The fourth-order valence-corrected chi connectivity index (χ4v) is 8.45. The molecule has 1 aromatic carbocycles. The first kappa shape index (κ1) is 30.8. The van der Waals surface area contributed by atoms with Crippen molar-refractivity contribution in [2.75, 3.05) is 17.2 Å². The van der Waals surface area contributed by atoms with Crippen LogP contribution in [-0.4, -0.2) is 56.5 Å². The first-order valence-corrected chi connectivity index (χ1v) is 17.1. The molecule has 12 nitrogen and oxygen atoms in total. The predicted octanol–water partition coefficient (Wildman–Crippen LogP) is 5.17. The highest BCUT2D eigenvalue weighted by Crippen LogP contribution is 2.47. The molecule has 2 atom stereocenters. The molecule has 3 fully saturated rings. The number of nitrogens with one attached hydrogen (secondary N) is 2. The molecule has 2 N–H and O–H groups in total. The van der Waals surface area contributed by atoms with Gasteiger partial charge in [0.05, 0.1) is 35.5 Å². The lowest BCUT2D eigenvalue weighted by Crippen LogP contribution is -2.52. The monoisotopic (exact) mass is 659 g/mol. The number of fused-ring (bicyclic) bond motifs is 5. The second kappa shape index (κ2) is 11.7. The summed E-state index contributed by atoms with van der Waals surface area (Å²) in [4.78, 5) is 34.2. The molecule has 3 aliphatic carbocycles. The van der Waals surface area contributed by atoms with Gasteiger partial charge in [-0.3, -0.25) is 9.59 Å². The summed E-state index contributed by atoms with van der Waals surface area (Å²) in [7, 11) is -4.14. The van der Waals surface area contributed by atoms with Crippen molar-refractivity contribution in [2.24, 2.45) is 17.8 Å². The molecule has 4 aromatic heterocycles. The number of hydrogen-bond acceptors (Lipinski definition) is 9. The molecule has 8 rings (SSSR count). The lowest BCUT2D eigenvalue weighted by molar-refractivity contribution is -0.154. The molecule has 3 aliphatic rings. The van der Waals surface area contributed by atoms with Crippen LogP contribution in [0, 0.1) is 30.5 Å². The Morgan fingerprint density at radius 2 is 1.79 bits per heavy atom. The van der Waals surface area contributed by atoms with Gasteiger partial charge in [0.15, 0.2) is 17.3 Å². The Morgan fingerprint density at radius 3 is 2.49 bits per heavy atom. The van der Waals surface area contributed by atoms with E-state index in [2.05, 4.69) is 20.7 Å². The quantitative estimate of drug-likeness (QED) is 0.215. The van der Waals surface area contributed by atoms with Crippen molar-refractivity contribution in [3.8, 4) is 11.4 Å². The molecule has 14 heteroatoms. The van der Waals surface area contributed by atoms with Crippen molar-refractivity contribution in [3.63, 3.8) is 0 Å². The van der Waals surface area contributed by atoms with Gasteiger partial charge >= 0.3 is 5.97 Å². The summed E-state index contributed by atoms with van der Waals surface area (Å²) in [5.41, 5.74) is 2.14. The highest BCUT2D eigenvalue weighted by Gasteiger charge is 2.48. The SMILES string of the molecule is CCOC(=O)[C@@H]1C2CCC(CC2)[C@H]1Nc1nc(-c2cn(S(=O)(=O)c3ccc(C)cc3)c3ncc(F)cc23)nn2cc(NC(C)=O)cc12. The number of ether oxygens (including phenoxy) is 1. The molecule has 0 aliphatic heterocycles. The van der Waals surface area contributed by atoms with Gasteiger partial charge in [0.25, 0.3) is 10.0 Å². The van der Waals surface area contributed by atoms with E-state index in [4.69, 9.17) is 9.72 Å². The maximum absolute atomic E-state index is 14.7. The van der Waals surface area contributed by atoms with Gasteiger partial charge in [-0.15, -0.1) is 5.10 Å². The van der Waals surface area contributed by atoms with Crippen LogP contribution in [0.3, 0.4) is 0 Å².